The summed E-state index contributed by atoms with van der Waals surface area (Å²) >= 11 is 0. The van der Waals surface area contributed by atoms with Crippen molar-refractivity contribution in [1.82, 2.24) is 0 Å². The topological polar surface area (TPSA) is 173 Å². The molecule has 0 aromatic heterocycles. The molecular weight excluding hydrogens is 340 g/mol. The summed E-state index contributed by atoms with van der Waals surface area (Å²) in [6.07, 6.45) is 3.75. The van der Waals surface area contributed by atoms with Gasteiger partial charge < -0.3 is 21.1 Å². The summed E-state index contributed by atoms with van der Waals surface area (Å²) in [5.74, 6) is 5.67. The van der Waals surface area contributed by atoms with Crippen molar-refractivity contribution >= 4 is 23.6 Å². The van der Waals surface area contributed by atoms with E-state index in [0.29, 0.717) is 35.2 Å². The van der Waals surface area contributed by atoms with Crippen LogP contribution >= 0.6 is 0 Å². The predicted molar refractivity (Wildman–Crippen MR) is 95.2 cm³/mol. The number of carbonyl (C=O) groups excluding carboxylic acids is 1. The van der Waals surface area contributed by atoms with Gasteiger partial charge in [0.1, 0.15) is 18.0 Å². The Morgan fingerprint density at radius 2 is 2.23 bits per heavy atom. The average molecular weight is 360 g/mol. The van der Waals surface area contributed by atoms with Crippen molar-refractivity contribution in [2.45, 2.75) is 12.8 Å². The summed E-state index contributed by atoms with van der Waals surface area (Å²) in [7, 11) is 0. The van der Waals surface area contributed by atoms with E-state index in [4.69, 9.17) is 26.6 Å². The fourth-order valence-electron chi connectivity index (χ4n) is 1.97. The molecule has 0 amide bonds. The highest BCUT2D eigenvalue weighted by Gasteiger charge is 2.22. The lowest BCUT2D eigenvalue weighted by molar-refractivity contribution is -0.141. The van der Waals surface area contributed by atoms with Crippen molar-refractivity contribution in [3.05, 3.63) is 28.1 Å². The van der Waals surface area contributed by atoms with Gasteiger partial charge in [0.15, 0.2) is 0 Å². The molecule has 0 unspecified atom stereocenters. The highest BCUT2D eigenvalue weighted by Crippen LogP contribution is 2.35. The van der Waals surface area contributed by atoms with Gasteiger partial charge in [-0.25, -0.2) is 0 Å². The van der Waals surface area contributed by atoms with Gasteiger partial charge in [-0.15, -0.1) is 5.11 Å². The van der Waals surface area contributed by atoms with Crippen molar-refractivity contribution in [2.75, 3.05) is 32.0 Å². The van der Waals surface area contributed by atoms with Gasteiger partial charge in [0.2, 0.25) is 0 Å². The van der Waals surface area contributed by atoms with Gasteiger partial charge >= 0.3 is 5.97 Å². The fourth-order valence-corrected chi connectivity index (χ4v) is 1.97. The molecule has 1 aromatic rings. The maximum atomic E-state index is 11.5. The Labute approximate surface area is 149 Å². The largest absolute Gasteiger partial charge is 0.491 e. The van der Waals surface area contributed by atoms with Crippen LogP contribution in [-0.2, 0) is 9.53 Å². The smallest absolute Gasteiger partial charge is 0.327 e. The van der Waals surface area contributed by atoms with Crippen molar-refractivity contribution in [3.8, 4) is 5.75 Å². The molecular formula is C15H20N8O3. The molecule has 0 atom stereocenters. The van der Waals surface area contributed by atoms with E-state index >= 15 is 0 Å². The van der Waals surface area contributed by atoms with Crippen molar-refractivity contribution in [3.63, 3.8) is 0 Å². The molecule has 0 aliphatic heterocycles. The zero-order chi connectivity index (χ0) is 18.8. The van der Waals surface area contributed by atoms with Gasteiger partial charge in [-0.05, 0) is 30.4 Å². The van der Waals surface area contributed by atoms with E-state index < -0.39 is 5.97 Å². The third-order valence-corrected chi connectivity index (χ3v) is 3.47. The van der Waals surface area contributed by atoms with Crippen LogP contribution in [0.4, 0.5) is 11.4 Å². The molecule has 2 rings (SSSR count). The Morgan fingerprint density at radius 1 is 1.42 bits per heavy atom. The molecule has 0 heterocycles. The van der Waals surface area contributed by atoms with Crippen LogP contribution in [0.2, 0.25) is 0 Å². The number of hydrogen-bond donors (Lipinski definition) is 2. The number of azide groups is 1. The maximum Gasteiger partial charge on any atom is 0.327 e. The molecule has 1 fully saturated rings. The van der Waals surface area contributed by atoms with Crippen LogP contribution in [0, 0.1) is 5.92 Å². The molecule has 1 aromatic carbocycles. The lowest BCUT2D eigenvalue weighted by atomic mass is 10.1. The number of esters is 1. The SMILES string of the molecule is [N-]=[N+]=NCCOC(=O)CN=Cc1cc(N=NN)c(OCC2CC2)cc1N. The number of carbonyl (C=O) groups is 1. The molecule has 26 heavy (non-hydrogen) atoms. The minimum Gasteiger partial charge on any atom is -0.491 e. The molecule has 1 aliphatic carbocycles. The maximum absolute atomic E-state index is 11.5. The van der Waals surface area contributed by atoms with Crippen LogP contribution in [0.15, 0.2) is 32.6 Å². The highest BCUT2D eigenvalue weighted by molar-refractivity contribution is 5.90. The number of benzene rings is 1. The molecule has 0 saturated heterocycles. The molecule has 1 aliphatic rings. The molecule has 4 N–H and O–H groups in total. The van der Waals surface area contributed by atoms with Gasteiger partial charge in [0, 0.05) is 28.4 Å². The molecule has 0 radical (unpaired) electrons. The Balaban J connectivity index is 1.97. The summed E-state index contributed by atoms with van der Waals surface area (Å²) < 4.78 is 10.5. The summed E-state index contributed by atoms with van der Waals surface area (Å²) in [4.78, 5) is 18.0. The lowest BCUT2D eigenvalue weighted by Crippen LogP contribution is -2.11. The van der Waals surface area contributed by atoms with Crippen LogP contribution in [0.1, 0.15) is 18.4 Å². The van der Waals surface area contributed by atoms with Crippen LogP contribution < -0.4 is 16.3 Å². The minimum atomic E-state index is -0.542. The highest BCUT2D eigenvalue weighted by atomic mass is 16.5. The van der Waals surface area contributed by atoms with Crippen LogP contribution in [-0.4, -0.2) is 38.5 Å². The summed E-state index contributed by atoms with van der Waals surface area (Å²) in [6.45, 7) is 0.494. The Kier molecular flexibility index (Phi) is 7.19. The number of nitrogen functional groups attached to an aromatic ring is 1. The van der Waals surface area contributed by atoms with Crippen LogP contribution in [0.3, 0.4) is 0 Å². The number of rotatable bonds is 10. The Hall–Kier alpha value is -3.33. The standard InChI is InChI=1S/C15H20N8O3/c16-12-6-14(26-9-10-1-2-10)13(21-23-18)5-11(12)7-19-8-15(24)25-4-3-20-22-17/h5-7,10H,1-4,8-9,16H2,(H2,18,21). The van der Waals surface area contributed by atoms with E-state index in [1.165, 1.54) is 6.21 Å². The third kappa shape index (κ3) is 6.29. The first-order valence-corrected chi connectivity index (χ1v) is 7.97. The van der Waals surface area contributed by atoms with E-state index in [9.17, 15) is 4.79 Å². The average Bonchev–Trinajstić information content (AvgIpc) is 3.44. The molecule has 11 heteroatoms. The number of aliphatic imine (C=N–C) groups is 1. The Bertz CT molecular complexity index is 739. The zero-order valence-corrected chi connectivity index (χ0v) is 14.1. The quantitative estimate of drug-likeness (QED) is 0.0747. The van der Waals surface area contributed by atoms with E-state index in [1.54, 1.807) is 12.1 Å². The van der Waals surface area contributed by atoms with Gasteiger partial charge in [0.05, 0.1) is 19.8 Å². The second-order valence-corrected chi connectivity index (χ2v) is 5.56. The lowest BCUT2D eigenvalue weighted by Gasteiger charge is -2.10. The third-order valence-electron chi connectivity index (χ3n) is 3.47. The zero-order valence-electron chi connectivity index (χ0n) is 14.1. The van der Waals surface area contributed by atoms with E-state index in [-0.39, 0.29) is 19.7 Å². The van der Waals surface area contributed by atoms with Crippen molar-refractivity contribution in [1.29, 1.82) is 0 Å². The van der Waals surface area contributed by atoms with E-state index in [1.807, 2.05) is 0 Å². The number of nitrogens with two attached hydrogens (primary N) is 2. The monoisotopic (exact) mass is 360 g/mol. The second kappa shape index (κ2) is 9.84. The summed E-state index contributed by atoms with van der Waals surface area (Å²) in [6, 6.07) is 3.26. The van der Waals surface area contributed by atoms with Gasteiger partial charge in [0.25, 0.3) is 0 Å². The van der Waals surface area contributed by atoms with E-state index in [2.05, 4.69) is 25.4 Å². The number of ether oxygens (including phenoxy) is 2. The predicted octanol–water partition coefficient (Wildman–Crippen LogP) is 2.29. The molecule has 0 bridgehead atoms. The fraction of sp³-hybridized carbons (Fsp3) is 0.467. The molecule has 1 saturated carbocycles. The number of anilines is 1. The first kappa shape index (κ1) is 19.0. The van der Waals surface area contributed by atoms with Crippen LogP contribution in [0.25, 0.3) is 10.4 Å². The van der Waals surface area contributed by atoms with Gasteiger partial charge in [-0.1, -0.05) is 10.3 Å². The van der Waals surface area contributed by atoms with Gasteiger partial charge in [-0.3, -0.25) is 9.79 Å². The molecule has 138 valence electrons. The van der Waals surface area contributed by atoms with E-state index in [0.717, 1.165) is 12.8 Å². The number of hydrogen-bond acceptors (Lipinski definition) is 8. The van der Waals surface area contributed by atoms with Crippen LogP contribution in [0.5, 0.6) is 5.75 Å². The molecule has 0 spiro atoms. The summed E-state index contributed by atoms with van der Waals surface area (Å²) in [5, 5.41) is 10.4. The first-order chi connectivity index (χ1) is 12.6. The summed E-state index contributed by atoms with van der Waals surface area (Å²) in [5.41, 5.74) is 15.5. The van der Waals surface area contributed by atoms with Gasteiger partial charge in [-0.2, -0.15) is 0 Å². The molecule has 11 nitrogen and oxygen atoms in total. The Morgan fingerprint density at radius 3 is 2.92 bits per heavy atom. The minimum absolute atomic E-state index is 0.00855. The number of nitrogens with zero attached hydrogens (tertiary/aromatic N) is 6. The normalized spacial score (nSPS) is 13.7. The second-order valence-electron chi connectivity index (χ2n) is 5.56. The first-order valence-electron chi connectivity index (χ1n) is 7.97. The van der Waals surface area contributed by atoms with Crippen molar-refractivity contribution < 1.29 is 14.3 Å². The van der Waals surface area contributed by atoms with Crippen molar-refractivity contribution in [2.24, 2.45) is 32.2 Å².